The Bertz CT molecular complexity index is 1080. The van der Waals surface area contributed by atoms with Crippen LogP contribution in [0.3, 0.4) is 0 Å². The van der Waals surface area contributed by atoms with Crippen LogP contribution in [-0.4, -0.2) is 28.5 Å². The number of carbonyl (C=O) groups is 2. The molecule has 6 nitrogen and oxygen atoms in total. The molecule has 4 rings (SSSR count). The van der Waals surface area contributed by atoms with Crippen LogP contribution in [0, 0.1) is 6.92 Å². The van der Waals surface area contributed by atoms with Gasteiger partial charge in [-0.05, 0) is 42.8 Å². The summed E-state index contributed by atoms with van der Waals surface area (Å²) in [7, 11) is 0. The zero-order valence-electron chi connectivity index (χ0n) is 15.8. The van der Waals surface area contributed by atoms with Crippen LogP contribution in [0.15, 0.2) is 78.2 Å². The maximum absolute atomic E-state index is 12.7. The number of aryl methyl sites for hydroxylation is 1. The van der Waals surface area contributed by atoms with Crippen molar-refractivity contribution >= 4 is 23.1 Å². The number of aromatic nitrogens is 1. The minimum absolute atomic E-state index is 0.0467. The highest BCUT2D eigenvalue weighted by Gasteiger charge is 2.29. The van der Waals surface area contributed by atoms with E-state index in [1.165, 1.54) is 0 Å². The van der Waals surface area contributed by atoms with E-state index in [1.54, 1.807) is 42.7 Å². The number of rotatable bonds is 5. The second-order valence-electron chi connectivity index (χ2n) is 6.79. The molecule has 0 aliphatic carbocycles. The third kappa shape index (κ3) is 4.06. The average molecular weight is 385 g/mol. The summed E-state index contributed by atoms with van der Waals surface area (Å²) in [6.45, 7) is 1.85. The Hall–Kier alpha value is -3.80. The molecule has 0 bridgehead atoms. The first kappa shape index (κ1) is 18.6. The van der Waals surface area contributed by atoms with Crippen LogP contribution in [0.5, 0.6) is 0 Å². The molecule has 0 spiro atoms. The smallest absolute Gasteiger partial charge is 0.268 e. The van der Waals surface area contributed by atoms with E-state index >= 15 is 0 Å². The monoisotopic (exact) mass is 385 g/mol. The summed E-state index contributed by atoms with van der Waals surface area (Å²) < 4.78 is 0. The molecule has 0 saturated carbocycles. The first-order valence-corrected chi connectivity index (χ1v) is 9.26. The van der Waals surface area contributed by atoms with Crippen molar-refractivity contribution in [1.29, 1.82) is 0 Å². The SMILES string of the molecule is Cc1cc(NC(=O)C2CC(c3cccnc3)=NO2)ccc1C(=O)c1ccccc1. The Balaban J connectivity index is 1.42. The fourth-order valence-electron chi connectivity index (χ4n) is 3.19. The van der Waals surface area contributed by atoms with Gasteiger partial charge in [0, 0.05) is 41.2 Å². The van der Waals surface area contributed by atoms with Crippen LogP contribution in [0.4, 0.5) is 5.69 Å². The van der Waals surface area contributed by atoms with E-state index in [0.717, 1.165) is 11.1 Å². The minimum Gasteiger partial charge on any atom is -0.382 e. The van der Waals surface area contributed by atoms with Crippen molar-refractivity contribution in [2.24, 2.45) is 5.16 Å². The third-order valence-electron chi connectivity index (χ3n) is 4.73. The van der Waals surface area contributed by atoms with Crippen LogP contribution < -0.4 is 5.32 Å². The van der Waals surface area contributed by atoms with Gasteiger partial charge >= 0.3 is 0 Å². The van der Waals surface area contributed by atoms with Crippen molar-refractivity contribution in [1.82, 2.24) is 4.98 Å². The second kappa shape index (κ2) is 8.06. The summed E-state index contributed by atoms with van der Waals surface area (Å²) in [6.07, 6.45) is 3.05. The second-order valence-corrected chi connectivity index (χ2v) is 6.79. The number of oxime groups is 1. The van der Waals surface area contributed by atoms with E-state index in [1.807, 2.05) is 37.3 Å². The van der Waals surface area contributed by atoms with Gasteiger partial charge in [-0.25, -0.2) is 0 Å². The van der Waals surface area contributed by atoms with Gasteiger partial charge in [0.25, 0.3) is 5.91 Å². The number of anilines is 1. The molecule has 2 heterocycles. The lowest BCUT2D eigenvalue weighted by molar-refractivity contribution is -0.125. The number of pyridine rings is 1. The van der Waals surface area contributed by atoms with Gasteiger partial charge in [-0.2, -0.15) is 0 Å². The molecule has 1 atom stereocenters. The molecule has 1 aromatic heterocycles. The molecular weight excluding hydrogens is 366 g/mol. The molecule has 2 aromatic carbocycles. The summed E-state index contributed by atoms with van der Waals surface area (Å²) in [5.74, 6) is -0.330. The van der Waals surface area contributed by atoms with Crippen molar-refractivity contribution in [3.05, 3.63) is 95.3 Å². The van der Waals surface area contributed by atoms with E-state index < -0.39 is 6.10 Å². The Kier molecular flexibility index (Phi) is 5.16. The molecule has 29 heavy (non-hydrogen) atoms. The van der Waals surface area contributed by atoms with E-state index in [9.17, 15) is 9.59 Å². The number of nitrogens with one attached hydrogen (secondary N) is 1. The van der Waals surface area contributed by atoms with Crippen molar-refractivity contribution in [3.63, 3.8) is 0 Å². The van der Waals surface area contributed by atoms with Gasteiger partial charge in [0.05, 0.1) is 5.71 Å². The molecule has 3 aromatic rings. The average Bonchev–Trinajstić information content (AvgIpc) is 3.25. The molecule has 6 heteroatoms. The van der Waals surface area contributed by atoms with Gasteiger partial charge in [0.2, 0.25) is 6.10 Å². The molecule has 0 saturated heterocycles. The predicted molar refractivity (Wildman–Crippen MR) is 110 cm³/mol. The van der Waals surface area contributed by atoms with Crippen molar-refractivity contribution in [3.8, 4) is 0 Å². The Morgan fingerprint density at radius 2 is 1.90 bits per heavy atom. The fraction of sp³-hybridized carbons (Fsp3) is 0.130. The van der Waals surface area contributed by atoms with E-state index in [4.69, 9.17) is 4.84 Å². The summed E-state index contributed by atoms with van der Waals surface area (Å²) in [6, 6.07) is 18.0. The predicted octanol–water partition coefficient (Wildman–Crippen LogP) is 3.75. The number of nitrogens with zero attached hydrogens (tertiary/aromatic N) is 2. The van der Waals surface area contributed by atoms with E-state index in [2.05, 4.69) is 15.5 Å². The van der Waals surface area contributed by atoms with E-state index in [-0.39, 0.29) is 11.7 Å². The molecular formula is C23H19N3O3. The summed E-state index contributed by atoms with van der Waals surface area (Å²) in [5.41, 5.74) is 4.16. The third-order valence-corrected chi connectivity index (χ3v) is 4.73. The van der Waals surface area contributed by atoms with Crippen LogP contribution in [0.25, 0.3) is 0 Å². The topological polar surface area (TPSA) is 80.7 Å². The highest BCUT2D eigenvalue weighted by Crippen LogP contribution is 2.21. The van der Waals surface area contributed by atoms with Crippen LogP contribution in [0.2, 0.25) is 0 Å². The standard InChI is InChI=1S/C23H19N3O3/c1-15-12-18(9-10-19(15)22(27)16-6-3-2-4-7-16)25-23(28)21-13-20(26-29-21)17-8-5-11-24-14-17/h2-12,14,21H,13H2,1H3,(H,25,28). The zero-order valence-corrected chi connectivity index (χ0v) is 15.8. The van der Waals surface area contributed by atoms with Gasteiger partial charge in [-0.3, -0.25) is 14.6 Å². The van der Waals surface area contributed by atoms with Gasteiger partial charge in [0.15, 0.2) is 5.78 Å². The molecule has 1 N–H and O–H groups in total. The first-order chi connectivity index (χ1) is 14.1. The minimum atomic E-state index is -0.698. The normalized spacial score (nSPS) is 15.3. The van der Waals surface area contributed by atoms with Crippen LogP contribution >= 0.6 is 0 Å². The number of amides is 1. The highest BCUT2D eigenvalue weighted by molar-refractivity contribution is 6.10. The summed E-state index contributed by atoms with van der Waals surface area (Å²) >= 11 is 0. The maximum Gasteiger partial charge on any atom is 0.268 e. The first-order valence-electron chi connectivity index (χ1n) is 9.26. The molecule has 0 radical (unpaired) electrons. The van der Waals surface area contributed by atoms with Gasteiger partial charge in [-0.15, -0.1) is 0 Å². The lowest BCUT2D eigenvalue weighted by atomic mass is 9.98. The van der Waals surface area contributed by atoms with Crippen molar-refractivity contribution in [2.45, 2.75) is 19.4 Å². The molecule has 1 aliphatic heterocycles. The maximum atomic E-state index is 12.7. The summed E-state index contributed by atoms with van der Waals surface area (Å²) in [4.78, 5) is 34.6. The fourth-order valence-corrected chi connectivity index (χ4v) is 3.19. The number of benzene rings is 2. The van der Waals surface area contributed by atoms with E-state index in [0.29, 0.717) is 28.9 Å². The summed E-state index contributed by atoms with van der Waals surface area (Å²) in [5, 5.41) is 6.85. The lowest BCUT2D eigenvalue weighted by Gasteiger charge is -2.12. The number of ketones is 1. The Morgan fingerprint density at radius 1 is 1.07 bits per heavy atom. The molecule has 1 aliphatic rings. The lowest BCUT2D eigenvalue weighted by Crippen LogP contribution is -2.28. The number of hydrogen-bond donors (Lipinski definition) is 1. The number of carbonyl (C=O) groups excluding carboxylic acids is 2. The van der Waals surface area contributed by atoms with Gasteiger partial charge in [-0.1, -0.05) is 35.5 Å². The number of hydrogen-bond acceptors (Lipinski definition) is 5. The Morgan fingerprint density at radius 3 is 2.62 bits per heavy atom. The van der Waals surface area contributed by atoms with Gasteiger partial charge < -0.3 is 10.2 Å². The van der Waals surface area contributed by atoms with Crippen LogP contribution in [-0.2, 0) is 9.63 Å². The molecule has 1 amide bonds. The quantitative estimate of drug-likeness (QED) is 0.678. The van der Waals surface area contributed by atoms with Gasteiger partial charge in [0.1, 0.15) is 0 Å². The largest absolute Gasteiger partial charge is 0.382 e. The zero-order chi connectivity index (χ0) is 20.2. The molecule has 1 unspecified atom stereocenters. The molecule has 0 fully saturated rings. The van der Waals surface area contributed by atoms with Crippen molar-refractivity contribution in [2.75, 3.05) is 5.32 Å². The highest BCUT2D eigenvalue weighted by atomic mass is 16.6. The Labute approximate surface area is 168 Å². The van der Waals surface area contributed by atoms with Crippen LogP contribution in [0.1, 0.15) is 33.5 Å². The van der Waals surface area contributed by atoms with Crippen molar-refractivity contribution < 1.29 is 14.4 Å². The molecule has 144 valence electrons.